The second-order valence-corrected chi connectivity index (χ2v) is 9.56. The number of ether oxygens (including phenoxy) is 2. The molecule has 1 unspecified atom stereocenters. The van der Waals surface area contributed by atoms with Gasteiger partial charge in [0.15, 0.2) is 0 Å². The van der Waals surface area contributed by atoms with Crippen LogP contribution < -0.4 is 5.73 Å². The largest absolute Gasteiger partial charge is 0.444 e. The van der Waals surface area contributed by atoms with Crippen LogP contribution in [-0.4, -0.2) is 30.7 Å². The summed E-state index contributed by atoms with van der Waals surface area (Å²) >= 11 is 0. The summed E-state index contributed by atoms with van der Waals surface area (Å²) in [5.41, 5.74) is 10.0. The Labute approximate surface area is 203 Å². The Morgan fingerprint density at radius 1 is 1.15 bits per heavy atom. The van der Waals surface area contributed by atoms with Crippen LogP contribution in [0, 0.1) is 12.8 Å². The molecule has 0 saturated carbocycles. The minimum Gasteiger partial charge on any atom is -0.444 e. The van der Waals surface area contributed by atoms with Gasteiger partial charge in [-0.2, -0.15) is 0 Å². The number of carbonyl (C=O) groups excluding carboxylic acids is 2. The molecule has 2 rings (SSSR count). The molecule has 1 heterocycles. The van der Waals surface area contributed by atoms with E-state index < -0.39 is 11.7 Å². The molecule has 2 N–H and O–H groups in total. The first-order valence-electron chi connectivity index (χ1n) is 12.1. The van der Waals surface area contributed by atoms with Gasteiger partial charge in [0.25, 0.3) is 0 Å². The maximum atomic E-state index is 10.0. The summed E-state index contributed by atoms with van der Waals surface area (Å²) in [5, 5.41) is 0. The monoisotopic (exact) mass is 463 g/mol. The van der Waals surface area contributed by atoms with Crippen LogP contribution in [0.5, 0.6) is 0 Å². The van der Waals surface area contributed by atoms with Crippen molar-refractivity contribution in [2.75, 3.05) is 13.2 Å². The topological polar surface area (TPSA) is 78.6 Å². The van der Waals surface area contributed by atoms with Crippen LogP contribution >= 0.6 is 0 Å². The molecule has 1 aromatic carbocycles. The number of benzene rings is 1. The fourth-order valence-corrected chi connectivity index (χ4v) is 2.70. The fourth-order valence-electron chi connectivity index (χ4n) is 2.70. The lowest BCUT2D eigenvalue weighted by Crippen LogP contribution is -2.27. The SMILES string of the molecule is CC(C)(C)OC(N)=O.CC(C)=O.CCC.CCC(C)Cc1cc(C2=CCOCC2)ccc1C. The van der Waals surface area contributed by atoms with Crippen molar-refractivity contribution >= 4 is 17.4 Å². The summed E-state index contributed by atoms with van der Waals surface area (Å²) in [7, 11) is 0. The quantitative estimate of drug-likeness (QED) is 0.509. The van der Waals surface area contributed by atoms with Gasteiger partial charge in [0, 0.05) is 0 Å². The highest BCUT2D eigenvalue weighted by molar-refractivity contribution is 5.72. The molecular weight excluding hydrogens is 414 g/mol. The second kappa shape index (κ2) is 18.3. The molecule has 1 aromatic rings. The first-order chi connectivity index (χ1) is 15.3. The summed E-state index contributed by atoms with van der Waals surface area (Å²) in [6, 6.07) is 6.91. The van der Waals surface area contributed by atoms with E-state index >= 15 is 0 Å². The Morgan fingerprint density at radius 3 is 2.06 bits per heavy atom. The number of nitrogens with two attached hydrogens (primary N) is 1. The van der Waals surface area contributed by atoms with Gasteiger partial charge in [0.05, 0.1) is 13.2 Å². The van der Waals surface area contributed by atoms with Crippen molar-refractivity contribution in [2.45, 2.75) is 101 Å². The van der Waals surface area contributed by atoms with Gasteiger partial charge in [-0.15, -0.1) is 0 Å². The van der Waals surface area contributed by atoms with Crippen LogP contribution in [0.4, 0.5) is 4.79 Å². The zero-order valence-corrected chi connectivity index (χ0v) is 22.8. The van der Waals surface area contributed by atoms with E-state index in [0.717, 1.165) is 25.6 Å². The predicted octanol–water partition coefficient (Wildman–Crippen LogP) is 7.28. The highest BCUT2D eigenvalue weighted by Gasteiger charge is 2.12. The predicted molar refractivity (Wildman–Crippen MR) is 140 cm³/mol. The number of ketones is 1. The molecule has 33 heavy (non-hydrogen) atoms. The molecular formula is C28H49NO4. The van der Waals surface area contributed by atoms with Crippen LogP contribution in [0.15, 0.2) is 24.3 Å². The van der Waals surface area contributed by atoms with E-state index in [1.54, 1.807) is 20.8 Å². The molecule has 0 aliphatic carbocycles. The van der Waals surface area contributed by atoms with Crippen LogP contribution in [0.1, 0.15) is 98.3 Å². The summed E-state index contributed by atoms with van der Waals surface area (Å²) in [6.07, 6.45) is 6.24. The Balaban J connectivity index is 0. The Kier molecular flexibility index (Phi) is 18.3. The molecule has 5 nitrogen and oxygen atoms in total. The van der Waals surface area contributed by atoms with Crippen molar-refractivity contribution in [3.63, 3.8) is 0 Å². The van der Waals surface area contributed by atoms with Crippen molar-refractivity contribution in [1.29, 1.82) is 0 Å². The van der Waals surface area contributed by atoms with E-state index in [1.807, 2.05) is 0 Å². The normalized spacial score (nSPS) is 13.5. The van der Waals surface area contributed by atoms with E-state index in [9.17, 15) is 9.59 Å². The lowest BCUT2D eigenvalue weighted by Gasteiger charge is -2.17. The van der Waals surface area contributed by atoms with Crippen molar-refractivity contribution in [2.24, 2.45) is 11.7 Å². The number of amides is 1. The second-order valence-electron chi connectivity index (χ2n) is 9.56. The fraction of sp³-hybridized carbons (Fsp3) is 0.643. The zero-order chi connectivity index (χ0) is 26.0. The lowest BCUT2D eigenvalue weighted by molar-refractivity contribution is -0.115. The van der Waals surface area contributed by atoms with E-state index in [2.05, 4.69) is 63.6 Å². The molecule has 0 spiro atoms. The van der Waals surface area contributed by atoms with Crippen molar-refractivity contribution in [1.82, 2.24) is 0 Å². The molecule has 0 radical (unpaired) electrons. The van der Waals surface area contributed by atoms with Crippen LogP contribution in [0.25, 0.3) is 5.57 Å². The highest BCUT2D eigenvalue weighted by Crippen LogP contribution is 2.25. The summed E-state index contributed by atoms with van der Waals surface area (Å²) in [6.45, 7) is 21.0. The van der Waals surface area contributed by atoms with Crippen molar-refractivity contribution in [3.05, 3.63) is 41.0 Å². The molecule has 0 bridgehead atoms. The van der Waals surface area contributed by atoms with Gasteiger partial charge in [0.1, 0.15) is 11.4 Å². The Hall–Kier alpha value is -2.14. The molecule has 1 amide bonds. The van der Waals surface area contributed by atoms with Gasteiger partial charge < -0.3 is 20.0 Å². The summed E-state index contributed by atoms with van der Waals surface area (Å²) < 4.78 is 9.96. The average Bonchev–Trinajstić information content (AvgIpc) is 2.69. The molecule has 0 fully saturated rings. The number of primary amides is 1. The molecule has 1 atom stereocenters. The number of aryl methyl sites for hydroxylation is 1. The molecule has 5 heteroatoms. The number of carbonyl (C=O) groups is 2. The van der Waals surface area contributed by atoms with E-state index in [4.69, 9.17) is 10.5 Å². The molecule has 190 valence electrons. The maximum absolute atomic E-state index is 10.0. The van der Waals surface area contributed by atoms with Crippen molar-refractivity contribution < 1.29 is 19.1 Å². The van der Waals surface area contributed by atoms with Crippen LogP contribution in [0.3, 0.4) is 0 Å². The minimum absolute atomic E-state index is 0.167. The smallest absolute Gasteiger partial charge is 0.405 e. The van der Waals surface area contributed by atoms with E-state index in [0.29, 0.717) is 0 Å². The van der Waals surface area contributed by atoms with Gasteiger partial charge in [-0.05, 0) is 82.6 Å². The van der Waals surface area contributed by atoms with Crippen LogP contribution in [0.2, 0.25) is 0 Å². The van der Waals surface area contributed by atoms with Gasteiger partial charge in [-0.1, -0.05) is 64.8 Å². The third-order valence-corrected chi connectivity index (χ3v) is 4.36. The lowest BCUT2D eigenvalue weighted by atomic mass is 9.91. The number of hydrogen-bond donors (Lipinski definition) is 1. The first-order valence-corrected chi connectivity index (χ1v) is 12.1. The Bertz CT molecular complexity index is 713. The zero-order valence-electron chi connectivity index (χ0n) is 22.8. The average molecular weight is 464 g/mol. The van der Waals surface area contributed by atoms with Crippen molar-refractivity contribution in [3.8, 4) is 0 Å². The molecule has 0 saturated heterocycles. The summed E-state index contributed by atoms with van der Waals surface area (Å²) in [4.78, 5) is 19.5. The third-order valence-electron chi connectivity index (χ3n) is 4.36. The van der Waals surface area contributed by atoms with Crippen LogP contribution in [-0.2, 0) is 20.7 Å². The summed E-state index contributed by atoms with van der Waals surface area (Å²) in [5.74, 6) is 0.933. The highest BCUT2D eigenvalue weighted by atomic mass is 16.6. The van der Waals surface area contributed by atoms with Gasteiger partial charge in [0.2, 0.25) is 0 Å². The third kappa shape index (κ3) is 20.2. The number of Topliss-reactive ketones (excluding diaryl/α,β-unsaturated/α-hetero) is 1. The van der Waals surface area contributed by atoms with Gasteiger partial charge >= 0.3 is 6.09 Å². The molecule has 0 aromatic heterocycles. The minimum atomic E-state index is -0.725. The first kappa shape index (κ1) is 33.0. The number of rotatable bonds is 4. The van der Waals surface area contributed by atoms with Gasteiger partial charge in [-0.3, -0.25) is 0 Å². The standard InChI is InChI=1S/C17H24O.C5H11NO2.C3H6O.C3H8/c1-4-13(2)11-17-12-16(6-5-14(17)3)15-7-9-18-10-8-15;1-5(2,3)8-4(6)7;1-3(2)4;1-3-2/h5-7,12-13H,4,8-11H2,1-3H3;1-3H3,(H2,6,7);1-2H3;3H2,1-2H3. The molecule has 1 aliphatic rings. The maximum Gasteiger partial charge on any atom is 0.405 e. The van der Waals surface area contributed by atoms with E-state index in [-0.39, 0.29) is 5.78 Å². The van der Waals surface area contributed by atoms with Gasteiger partial charge in [-0.25, -0.2) is 4.79 Å². The molecule has 1 aliphatic heterocycles. The van der Waals surface area contributed by atoms with E-state index in [1.165, 1.54) is 55.4 Å². The number of hydrogen-bond acceptors (Lipinski definition) is 4. The Morgan fingerprint density at radius 2 is 1.70 bits per heavy atom.